The van der Waals surface area contributed by atoms with Gasteiger partial charge in [0.25, 0.3) is 5.91 Å². The van der Waals surface area contributed by atoms with Gasteiger partial charge in [-0.15, -0.1) is 0 Å². The van der Waals surface area contributed by atoms with Crippen LogP contribution in [0.25, 0.3) is 10.9 Å². The lowest BCUT2D eigenvalue weighted by atomic mass is 10.1. The van der Waals surface area contributed by atoms with Gasteiger partial charge in [-0.3, -0.25) is 14.8 Å². The lowest BCUT2D eigenvalue weighted by molar-refractivity contribution is 0.102. The summed E-state index contributed by atoms with van der Waals surface area (Å²) in [7, 11) is 0. The molecule has 0 aliphatic heterocycles. The van der Waals surface area contributed by atoms with Crippen molar-refractivity contribution < 1.29 is 4.79 Å². The molecule has 8 nitrogen and oxygen atoms in total. The standard InChI is InChI=1S/C28H22N6O2/c35-28(34-22-7-5-21(6-8-22)32-23-10-13-29-14-11-23)20-2-1-3-24(17-20)33-27-12-15-30-26-9-4-19(18-31-36)16-25(26)27/h1-17H,18H2,(H,29,32)(H,30,33)(H,34,35). The quantitative estimate of drug-likeness (QED) is 0.218. The highest BCUT2D eigenvalue weighted by atomic mass is 16.3. The number of nitrogens with zero attached hydrogens (tertiary/aromatic N) is 3. The van der Waals surface area contributed by atoms with Crippen LogP contribution in [0.15, 0.2) is 109 Å². The smallest absolute Gasteiger partial charge is 0.255 e. The third-order valence-corrected chi connectivity index (χ3v) is 5.57. The van der Waals surface area contributed by atoms with Crippen molar-refractivity contribution in [2.75, 3.05) is 16.0 Å². The summed E-state index contributed by atoms with van der Waals surface area (Å²) < 4.78 is 0. The molecule has 0 atom stereocenters. The predicted octanol–water partition coefficient (Wildman–Crippen LogP) is 6.64. The van der Waals surface area contributed by atoms with Gasteiger partial charge in [-0.25, -0.2) is 0 Å². The molecule has 0 saturated carbocycles. The number of pyridine rings is 2. The molecule has 0 bridgehead atoms. The van der Waals surface area contributed by atoms with E-state index in [2.05, 4.69) is 31.1 Å². The van der Waals surface area contributed by atoms with E-state index < -0.39 is 0 Å². The fourth-order valence-electron chi connectivity index (χ4n) is 3.81. The summed E-state index contributed by atoms with van der Waals surface area (Å²) in [4.78, 5) is 32.0. The van der Waals surface area contributed by atoms with Crippen LogP contribution in [-0.4, -0.2) is 15.9 Å². The van der Waals surface area contributed by atoms with E-state index in [4.69, 9.17) is 0 Å². The lowest BCUT2D eigenvalue weighted by Gasteiger charge is -2.12. The molecule has 5 rings (SSSR count). The minimum Gasteiger partial charge on any atom is -0.355 e. The SMILES string of the molecule is O=NCc1ccc2nccc(Nc3cccc(C(=O)Nc4ccc(Nc5ccncc5)cc4)c3)c2c1. The summed E-state index contributed by atoms with van der Waals surface area (Å²) in [5.74, 6) is -0.215. The number of anilines is 5. The van der Waals surface area contributed by atoms with Crippen molar-refractivity contribution in [1.82, 2.24) is 9.97 Å². The van der Waals surface area contributed by atoms with E-state index in [9.17, 15) is 9.70 Å². The largest absolute Gasteiger partial charge is 0.355 e. The highest BCUT2D eigenvalue weighted by Crippen LogP contribution is 2.27. The first-order valence-corrected chi connectivity index (χ1v) is 11.3. The lowest BCUT2D eigenvalue weighted by Crippen LogP contribution is -2.12. The van der Waals surface area contributed by atoms with Crippen LogP contribution in [0.5, 0.6) is 0 Å². The third kappa shape index (κ3) is 5.34. The summed E-state index contributed by atoms with van der Waals surface area (Å²) in [6, 6.07) is 26.0. The van der Waals surface area contributed by atoms with Crippen molar-refractivity contribution in [2.24, 2.45) is 5.18 Å². The van der Waals surface area contributed by atoms with Gasteiger partial charge in [0, 0.05) is 58.0 Å². The van der Waals surface area contributed by atoms with Crippen LogP contribution in [-0.2, 0) is 6.54 Å². The number of aromatic nitrogens is 2. The van der Waals surface area contributed by atoms with Gasteiger partial charge < -0.3 is 16.0 Å². The summed E-state index contributed by atoms with van der Waals surface area (Å²) in [6.07, 6.45) is 5.16. The molecule has 36 heavy (non-hydrogen) atoms. The number of hydrogen-bond donors (Lipinski definition) is 3. The third-order valence-electron chi connectivity index (χ3n) is 5.57. The van der Waals surface area contributed by atoms with Gasteiger partial charge in [0.05, 0.1) is 5.52 Å². The summed E-state index contributed by atoms with van der Waals surface area (Å²) in [5.41, 5.74) is 6.23. The second kappa shape index (κ2) is 10.4. The minimum atomic E-state index is -0.215. The van der Waals surface area contributed by atoms with Gasteiger partial charge in [-0.2, -0.15) is 4.91 Å². The van der Waals surface area contributed by atoms with E-state index in [1.54, 1.807) is 30.7 Å². The van der Waals surface area contributed by atoms with Gasteiger partial charge in [0.15, 0.2) is 0 Å². The van der Waals surface area contributed by atoms with Crippen molar-refractivity contribution >= 4 is 45.2 Å². The van der Waals surface area contributed by atoms with Crippen molar-refractivity contribution in [1.29, 1.82) is 0 Å². The molecular formula is C28H22N6O2. The number of nitrogens with one attached hydrogen (secondary N) is 3. The first-order valence-electron chi connectivity index (χ1n) is 11.3. The number of benzene rings is 3. The Labute approximate surface area is 207 Å². The second-order valence-corrected chi connectivity index (χ2v) is 8.10. The molecule has 2 aromatic heterocycles. The molecule has 0 aliphatic rings. The maximum Gasteiger partial charge on any atom is 0.255 e. The molecular weight excluding hydrogens is 452 g/mol. The van der Waals surface area contributed by atoms with E-state index in [1.807, 2.05) is 72.8 Å². The molecule has 8 heteroatoms. The van der Waals surface area contributed by atoms with Gasteiger partial charge in [-0.1, -0.05) is 17.3 Å². The first kappa shape index (κ1) is 22.7. The van der Waals surface area contributed by atoms with E-state index in [-0.39, 0.29) is 12.5 Å². The molecule has 0 aliphatic carbocycles. The number of hydrogen-bond acceptors (Lipinski definition) is 7. The fourth-order valence-corrected chi connectivity index (χ4v) is 3.81. The van der Waals surface area contributed by atoms with Crippen LogP contribution in [0.2, 0.25) is 0 Å². The van der Waals surface area contributed by atoms with Gasteiger partial charge in [0.1, 0.15) is 6.54 Å². The zero-order chi connectivity index (χ0) is 24.7. The highest BCUT2D eigenvalue weighted by molar-refractivity contribution is 6.05. The van der Waals surface area contributed by atoms with E-state index in [0.29, 0.717) is 11.3 Å². The Morgan fingerprint density at radius 3 is 2.33 bits per heavy atom. The van der Waals surface area contributed by atoms with Crippen LogP contribution >= 0.6 is 0 Å². The number of carbonyl (C=O) groups excluding carboxylic acids is 1. The molecule has 0 fully saturated rings. The van der Waals surface area contributed by atoms with Crippen LogP contribution in [0.4, 0.5) is 28.4 Å². The Kier molecular flexibility index (Phi) is 6.57. The highest BCUT2D eigenvalue weighted by Gasteiger charge is 2.09. The summed E-state index contributed by atoms with van der Waals surface area (Å²) in [6.45, 7) is 0.0979. The molecule has 0 unspecified atom stereocenters. The molecule has 2 heterocycles. The zero-order valence-electron chi connectivity index (χ0n) is 19.2. The summed E-state index contributed by atoms with van der Waals surface area (Å²) >= 11 is 0. The minimum absolute atomic E-state index is 0.0979. The maximum atomic E-state index is 12.9. The predicted molar refractivity (Wildman–Crippen MR) is 143 cm³/mol. The first-order chi connectivity index (χ1) is 17.7. The number of fused-ring (bicyclic) bond motifs is 1. The number of rotatable bonds is 8. The molecule has 5 aromatic rings. The molecule has 0 radical (unpaired) electrons. The van der Waals surface area contributed by atoms with Gasteiger partial charge in [-0.05, 0) is 78.4 Å². The number of amides is 1. The Morgan fingerprint density at radius 2 is 1.53 bits per heavy atom. The Bertz CT molecular complexity index is 1520. The van der Waals surface area contributed by atoms with Crippen molar-refractivity contribution in [2.45, 2.75) is 6.54 Å². The summed E-state index contributed by atoms with van der Waals surface area (Å²) in [5, 5.41) is 13.4. The molecule has 3 aromatic carbocycles. The van der Waals surface area contributed by atoms with E-state index >= 15 is 0 Å². The monoisotopic (exact) mass is 474 g/mol. The molecule has 1 amide bonds. The fraction of sp³-hybridized carbons (Fsp3) is 0.0357. The zero-order valence-corrected chi connectivity index (χ0v) is 19.2. The van der Waals surface area contributed by atoms with Crippen LogP contribution < -0.4 is 16.0 Å². The molecule has 176 valence electrons. The van der Waals surface area contributed by atoms with Gasteiger partial charge in [0.2, 0.25) is 0 Å². The Balaban J connectivity index is 1.29. The van der Waals surface area contributed by atoms with Crippen LogP contribution in [0.1, 0.15) is 15.9 Å². The Morgan fingerprint density at radius 1 is 0.750 bits per heavy atom. The number of carbonyl (C=O) groups is 1. The normalized spacial score (nSPS) is 10.6. The van der Waals surface area contributed by atoms with Crippen molar-refractivity contribution in [3.8, 4) is 0 Å². The van der Waals surface area contributed by atoms with Crippen LogP contribution in [0.3, 0.4) is 0 Å². The van der Waals surface area contributed by atoms with E-state index in [1.165, 1.54) is 0 Å². The second-order valence-electron chi connectivity index (χ2n) is 8.10. The van der Waals surface area contributed by atoms with Gasteiger partial charge >= 0.3 is 0 Å². The number of nitroso groups, excluding NO2 is 1. The topological polar surface area (TPSA) is 108 Å². The van der Waals surface area contributed by atoms with Crippen molar-refractivity contribution in [3.63, 3.8) is 0 Å². The molecule has 0 saturated heterocycles. The van der Waals surface area contributed by atoms with Crippen LogP contribution in [0, 0.1) is 4.91 Å². The average Bonchev–Trinajstić information content (AvgIpc) is 2.91. The van der Waals surface area contributed by atoms with Crippen molar-refractivity contribution in [3.05, 3.63) is 120 Å². The Hall–Kier alpha value is -5.11. The molecule has 3 N–H and O–H groups in total. The van der Waals surface area contributed by atoms with E-state index in [0.717, 1.165) is 39.2 Å². The molecule has 0 spiro atoms. The average molecular weight is 475 g/mol. The maximum absolute atomic E-state index is 12.9.